The van der Waals surface area contributed by atoms with Gasteiger partial charge in [0.2, 0.25) is 5.28 Å². The molecule has 90 valence electrons. The van der Waals surface area contributed by atoms with Crippen molar-refractivity contribution >= 4 is 11.6 Å². The molecule has 2 aromatic heterocycles. The van der Waals surface area contributed by atoms with E-state index >= 15 is 0 Å². The molecule has 0 aliphatic heterocycles. The highest BCUT2D eigenvalue weighted by molar-refractivity contribution is 6.28. The van der Waals surface area contributed by atoms with Crippen LogP contribution in [0.25, 0.3) is 11.3 Å². The van der Waals surface area contributed by atoms with Gasteiger partial charge in [-0.25, -0.2) is 14.4 Å². The van der Waals surface area contributed by atoms with Crippen molar-refractivity contribution in [2.45, 2.75) is 19.8 Å². The molecule has 2 rings (SSSR count). The van der Waals surface area contributed by atoms with Crippen LogP contribution in [0.4, 0.5) is 4.39 Å². The van der Waals surface area contributed by atoms with E-state index in [1.807, 2.05) is 13.8 Å². The van der Waals surface area contributed by atoms with E-state index in [1.54, 1.807) is 17.9 Å². The van der Waals surface area contributed by atoms with Crippen molar-refractivity contribution in [2.75, 3.05) is 0 Å². The lowest BCUT2D eigenvalue weighted by Crippen LogP contribution is -1.97. The van der Waals surface area contributed by atoms with Gasteiger partial charge in [0.05, 0.1) is 11.9 Å². The lowest BCUT2D eigenvalue weighted by atomic mass is 10.0. The van der Waals surface area contributed by atoms with Crippen LogP contribution in [0.15, 0.2) is 12.4 Å². The average molecular weight is 255 g/mol. The molecule has 0 amide bonds. The van der Waals surface area contributed by atoms with E-state index < -0.39 is 5.82 Å². The molecule has 0 aliphatic rings. The first-order valence-electron chi connectivity index (χ1n) is 5.21. The number of aryl methyl sites for hydroxylation is 1. The van der Waals surface area contributed by atoms with E-state index in [2.05, 4.69) is 15.1 Å². The first-order valence-corrected chi connectivity index (χ1v) is 5.58. The van der Waals surface area contributed by atoms with Gasteiger partial charge in [0.25, 0.3) is 0 Å². The van der Waals surface area contributed by atoms with Crippen molar-refractivity contribution in [3.63, 3.8) is 0 Å². The Morgan fingerprint density at radius 3 is 2.76 bits per heavy atom. The van der Waals surface area contributed by atoms with E-state index in [0.29, 0.717) is 5.56 Å². The van der Waals surface area contributed by atoms with Crippen molar-refractivity contribution in [1.29, 1.82) is 0 Å². The minimum Gasteiger partial charge on any atom is -0.275 e. The summed E-state index contributed by atoms with van der Waals surface area (Å²) in [4.78, 5) is 7.52. The zero-order valence-electron chi connectivity index (χ0n) is 9.78. The zero-order chi connectivity index (χ0) is 12.6. The highest BCUT2D eigenvalue weighted by atomic mass is 35.5. The second kappa shape index (κ2) is 4.41. The summed E-state index contributed by atoms with van der Waals surface area (Å²) in [6, 6.07) is 0. The molecule has 0 bridgehead atoms. The van der Waals surface area contributed by atoms with Crippen LogP contribution in [0.1, 0.15) is 25.5 Å². The maximum Gasteiger partial charge on any atom is 0.223 e. The highest BCUT2D eigenvalue weighted by Gasteiger charge is 2.18. The predicted molar refractivity (Wildman–Crippen MR) is 63.3 cm³/mol. The maximum absolute atomic E-state index is 13.7. The zero-order valence-corrected chi connectivity index (χ0v) is 10.5. The molecule has 0 N–H and O–H groups in total. The number of halogens is 2. The van der Waals surface area contributed by atoms with E-state index in [4.69, 9.17) is 11.6 Å². The second-order valence-corrected chi connectivity index (χ2v) is 4.43. The van der Waals surface area contributed by atoms with Crippen molar-refractivity contribution < 1.29 is 4.39 Å². The van der Waals surface area contributed by atoms with Gasteiger partial charge in [-0.05, 0) is 17.5 Å². The van der Waals surface area contributed by atoms with E-state index in [0.717, 1.165) is 11.9 Å². The van der Waals surface area contributed by atoms with Gasteiger partial charge in [-0.3, -0.25) is 4.68 Å². The van der Waals surface area contributed by atoms with Gasteiger partial charge in [-0.1, -0.05) is 13.8 Å². The van der Waals surface area contributed by atoms with Crippen LogP contribution >= 0.6 is 11.6 Å². The predicted octanol–water partition coefficient (Wildman–Crippen LogP) is 2.79. The molecule has 0 saturated carbocycles. The third-order valence-corrected chi connectivity index (χ3v) is 2.56. The smallest absolute Gasteiger partial charge is 0.223 e. The fraction of sp³-hybridized carbons (Fsp3) is 0.364. The second-order valence-electron chi connectivity index (χ2n) is 4.09. The Morgan fingerprint density at radius 2 is 2.12 bits per heavy atom. The third-order valence-electron chi connectivity index (χ3n) is 2.37. The Kier molecular flexibility index (Phi) is 3.11. The van der Waals surface area contributed by atoms with Gasteiger partial charge >= 0.3 is 0 Å². The van der Waals surface area contributed by atoms with Gasteiger partial charge in [-0.15, -0.1) is 0 Å². The molecule has 0 fully saturated rings. The summed E-state index contributed by atoms with van der Waals surface area (Å²) in [5, 5.41) is 4.33. The normalized spacial score (nSPS) is 11.2. The molecule has 2 heterocycles. The Bertz CT molecular complexity index is 550. The third kappa shape index (κ3) is 2.29. The van der Waals surface area contributed by atoms with Crippen LogP contribution in [0.2, 0.25) is 5.28 Å². The molecule has 0 atom stereocenters. The molecule has 17 heavy (non-hydrogen) atoms. The summed E-state index contributed by atoms with van der Waals surface area (Å²) in [7, 11) is 1.79. The number of rotatable bonds is 2. The minimum atomic E-state index is -0.496. The molecule has 2 aromatic rings. The van der Waals surface area contributed by atoms with Crippen LogP contribution in [-0.2, 0) is 7.05 Å². The molecule has 6 heteroatoms. The molecular formula is C11H12ClFN4. The van der Waals surface area contributed by atoms with Crippen molar-refractivity contribution in [1.82, 2.24) is 19.7 Å². The van der Waals surface area contributed by atoms with E-state index in [9.17, 15) is 4.39 Å². The standard InChI is InChI=1S/C11H12ClFN4/c1-6(2)9-7(5-17(3)16-9)10-8(13)4-14-11(12)15-10/h4-6H,1-3H3. The van der Waals surface area contributed by atoms with Gasteiger partial charge in [-0.2, -0.15) is 5.10 Å². The molecule has 0 aliphatic carbocycles. The van der Waals surface area contributed by atoms with Crippen LogP contribution in [0.5, 0.6) is 0 Å². The molecule has 0 aromatic carbocycles. The molecule has 0 spiro atoms. The highest BCUT2D eigenvalue weighted by Crippen LogP contribution is 2.28. The number of aromatic nitrogens is 4. The average Bonchev–Trinajstić information content (AvgIpc) is 2.64. The SMILES string of the molecule is CC(C)c1nn(C)cc1-c1nc(Cl)ncc1F. The van der Waals surface area contributed by atoms with Crippen LogP contribution in [0.3, 0.4) is 0 Å². The Morgan fingerprint density at radius 1 is 1.41 bits per heavy atom. The number of hydrogen-bond acceptors (Lipinski definition) is 3. The summed E-state index contributed by atoms with van der Waals surface area (Å²) < 4.78 is 15.3. The van der Waals surface area contributed by atoms with E-state index in [-0.39, 0.29) is 16.9 Å². The fourth-order valence-electron chi connectivity index (χ4n) is 1.65. The molecule has 4 nitrogen and oxygen atoms in total. The number of nitrogens with zero attached hydrogens (tertiary/aromatic N) is 4. The van der Waals surface area contributed by atoms with Gasteiger partial charge in [0, 0.05) is 18.8 Å². The lowest BCUT2D eigenvalue weighted by molar-refractivity contribution is 0.617. The van der Waals surface area contributed by atoms with Crippen molar-refractivity contribution in [2.24, 2.45) is 7.05 Å². The summed E-state index contributed by atoms with van der Waals surface area (Å²) in [5.74, 6) is -0.316. The summed E-state index contributed by atoms with van der Waals surface area (Å²) in [5.41, 5.74) is 1.65. The summed E-state index contributed by atoms with van der Waals surface area (Å²) in [6.45, 7) is 3.99. The van der Waals surface area contributed by atoms with Crippen LogP contribution < -0.4 is 0 Å². The Balaban J connectivity index is 2.63. The fourth-order valence-corrected chi connectivity index (χ4v) is 1.78. The van der Waals surface area contributed by atoms with Gasteiger partial charge < -0.3 is 0 Å². The maximum atomic E-state index is 13.7. The summed E-state index contributed by atoms with van der Waals surface area (Å²) >= 11 is 5.69. The molecule has 0 radical (unpaired) electrons. The van der Waals surface area contributed by atoms with Gasteiger partial charge in [0.1, 0.15) is 5.69 Å². The quantitative estimate of drug-likeness (QED) is 0.774. The molecule has 0 saturated heterocycles. The largest absolute Gasteiger partial charge is 0.275 e. The van der Waals surface area contributed by atoms with Crippen molar-refractivity contribution in [3.8, 4) is 11.3 Å². The molecule has 0 unspecified atom stereocenters. The minimum absolute atomic E-state index is 0.0277. The van der Waals surface area contributed by atoms with E-state index in [1.165, 1.54) is 0 Å². The Labute approximate surface area is 103 Å². The monoisotopic (exact) mass is 254 g/mol. The van der Waals surface area contributed by atoms with Gasteiger partial charge in [0.15, 0.2) is 5.82 Å². The van der Waals surface area contributed by atoms with Crippen LogP contribution in [-0.4, -0.2) is 19.7 Å². The summed E-state index contributed by atoms with van der Waals surface area (Å²) in [6.07, 6.45) is 2.80. The number of hydrogen-bond donors (Lipinski definition) is 0. The first-order chi connectivity index (χ1) is 7.99. The lowest BCUT2D eigenvalue weighted by Gasteiger charge is -2.05. The Hall–Kier alpha value is -1.49. The topological polar surface area (TPSA) is 43.6 Å². The molecular weight excluding hydrogens is 243 g/mol. The van der Waals surface area contributed by atoms with Crippen molar-refractivity contribution in [3.05, 3.63) is 29.2 Å². The first kappa shape index (κ1) is 12.0. The van der Waals surface area contributed by atoms with Crippen LogP contribution in [0, 0.1) is 5.82 Å².